The fraction of sp³-hybridized carbons (Fsp3) is 0. The molecular weight excluding hydrogens is 517 g/mol. The molecule has 7 aromatic rings. The Kier molecular flexibility index (Phi) is 6.51. The van der Waals surface area contributed by atoms with Gasteiger partial charge in [0.1, 0.15) is 0 Å². The molecule has 4 aromatic heterocycles. The summed E-state index contributed by atoms with van der Waals surface area (Å²) < 4.78 is 0. The second-order valence-electron chi connectivity index (χ2n) is 7.99. The molecule has 0 bridgehead atoms. The molecule has 0 saturated heterocycles. The van der Waals surface area contributed by atoms with Crippen LogP contribution in [-0.4, -0.2) is 19.9 Å². The Labute approximate surface area is 215 Å². The molecule has 0 N–H and O–H groups in total. The minimum Gasteiger partial charge on any atom is -0.256 e. The molecule has 0 aliphatic heterocycles. The van der Waals surface area contributed by atoms with Crippen molar-refractivity contribution in [1.82, 2.24) is 19.9 Å². The van der Waals surface area contributed by atoms with Gasteiger partial charge in [-0.3, -0.25) is 9.97 Å². The van der Waals surface area contributed by atoms with Crippen LogP contribution in [0.25, 0.3) is 55.0 Å². The molecule has 3 aromatic carbocycles. The molecule has 0 atom stereocenters. The van der Waals surface area contributed by atoms with E-state index in [1.807, 2.05) is 72.9 Å². The summed E-state index contributed by atoms with van der Waals surface area (Å²) in [6.07, 6.45) is 3.62. The van der Waals surface area contributed by atoms with Gasteiger partial charge in [-0.25, -0.2) is 9.97 Å². The quantitative estimate of drug-likeness (QED) is 0.164. The van der Waals surface area contributed by atoms with E-state index in [0.29, 0.717) is 0 Å². The topological polar surface area (TPSA) is 51.6 Å². The monoisotopic (exact) mass is 538 g/mol. The van der Waals surface area contributed by atoms with Gasteiger partial charge in [0, 0.05) is 53.4 Å². The molecule has 0 saturated carbocycles. The molecule has 168 valence electrons. The van der Waals surface area contributed by atoms with E-state index in [2.05, 4.69) is 62.4 Å². The van der Waals surface area contributed by atoms with Crippen molar-refractivity contribution in [2.75, 3.05) is 0 Å². The van der Waals surface area contributed by atoms with Crippen molar-refractivity contribution in [3.63, 3.8) is 0 Å². The van der Waals surface area contributed by atoms with Crippen molar-refractivity contribution in [2.24, 2.45) is 0 Å². The third-order valence-electron chi connectivity index (χ3n) is 5.81. The molecule has 0 aliphatic carbocycles. The smallest absolute Gasteiger partial charge is 0.0894 e. The third kappa shape index (κ3) is 4.64. The summed E-state index contributed by atoms with van der Waals surface area (Å²) in [7, 11) is 0. The largest absolute Gasteiger partial charge is 0.256 e. The standard InChI is InChI=1S/C18H12N2.C12H8N2.Ru/c1-3-7-15-13(5-1)9-11-17(19-15)18-12-10-14-6-2-4-8-16(14)20-18;1-3-9-5-6-11-10(4-2-7-13-11)12(9)14-8-1;/h1-12H;1-8H;. The van der Waals surface area contributed by atoms with Crippen molar-refractivity contribution in [3.05, 3.63) is 122 Å². The number of hydrogen-bond acceptors (Lipinski definition) is 4. The molecule has 7 rings (SSSR count). The van der Waals surface area contributed by atoms with Gasteiger partial charge in [0.25, 0.3) is 0 Å². The number of nitrogens with zero attached hydrogens (tertiary/aromatic N) is 4. The molecule has 4 heterocycles. The number of rotatable bonds is 1. The Morgan fingerprint density at radius 1 is 0.400 bits per heavy atom. The average Bonchev–Trinajstić information content (AvgIpc) is 2.93. The number of aromatic nitrogens is 4. The Hall–Kier alpha value is -4.08. The molecule has 0 aliphatic rings. The fourth-order valence-corrected chi connectivity index (χ4v) is 4.11. The van der Waals surface area contributed by atoms with Gasteiger partial charge in [-0.15, -0.1) is 0 Å². The molecule has 0 unspecified atom stereocenters. The van der Waals surface area contributed by atoms with E-state index in [1.54, 1.807) is 6.20 Å². The van der Waals surface area contributed by atoms with Crippen LogP contribution in [0.3, 0.4) is 0 Å². The summed E-state index contributed by atoms with van der Waals surface area (Å²) in [6.45, 7) is 0. The number of pyridine rings is 4. The van der Waals surface area contributed by atoms with Crippen molar-refractivity contribution in [1.29, 1.82) is 0 Å². The summed E-state index contributed by atoms with van der Waals surface area (Å²) >= 11 is 0. The molecule has 0 radical (unpaired) electrons. The Morgan fingerprint density at radius 3 is 1.63 bits per heavy atom. The Balaban J connectivity index is 0.000000149. The SMILES string of the molecule is [Ru].c1ccc2nc(-c3ccc4ccccc4n3)ccc2c1.c1cnc2c(c1)ccc1ncccc12. The van der Waals surface area contributed by atoms with Gasteiger partial charge in [0.05, 0.1) is 33.5 Å². The summed E-state index contributed by atoms with van der Waals surface area (Å²) in [5.74, 6) is 0. The number of benzene rings is 3. The fourth-order valence-electron chi connectivity index (χ4n) is 4.11. The average molecular weight is 538 g/mol. The van der Waals surface area contributed by atoms with Gasteiger partial charge < -0.3 is 0 Å². The second kappa shape index (κ2) is 10.0. The van der Waals surface area contributed by atoms with E-state index in [1.165, 1.54) is 0 Å². The maximum absolute atomic E-state index is 4.69. The van der Waals surface area contributed by atoms with Gasteiger partial charge in [-0.1, -0.05) is 60.7 Å². The maximum Gasteiger partial charge on any atom is 0.0894 e. The number of para-hydroxylation sites is 2. The molecule has 0 fully saturated rings. The van der Waals surface area contributed by atoms with Crippen LogP contribution in [0.15, 0.2) is 122 Å². The minimum atomic E-state index is 0. The predicted molar refractivity (Wildman–Crippen MR) is 140 cm³/mol. The zero-order valence-corrected chi connectivity index (χ0v) is 20.4. The van der Waals surface area contributed by atoms with Gasteiger partial charge in [-0.05, 0) is 48.5 Å². The maximum atomic E-state index is 4.69. The van der Waals surface area contributed by atoms with E-state index in [-0.39, 0.29) is 19.5 Å². The van der Waals surface area contributed by atoms with E-state index >= 15 is 0 Å². The van der Waals surface area contributed by atoms with Gasteiger partial charge in [0.2, 0.25) is 0 Å². The van der Waals surface area contributed by atoms with E-state index in [4.69, 9.17) is 0 Å². The molecular formula is C30H20N4Ru. The first-order valence-electron chi connectivity index (χ1n) is 11.2. The summed E-state index contributed by atoms with van der Waals surface area (Å²) in [5, 5.41) is 4.58. The van der Waals surface area contributed by atoms with E-state index < -0.39 is 0 Å². The van der Waals surface area contributed by atoms with Crippen LogP contribution in [0.5, 0.6) is 0 Å². The van der Waals surface area contributed by atoms with Crippen molar-refractivity contribution >= 4 is 43.6 Å². The second-order valence-corrected chi connectivity index (χ2v) is 7.99. The van der Waals surface area contributed by atoms with E-state index in [0.717, 1.165) is 55.0 Å². The minimum absolute atomic E-state index is 0. The van der Waals surface area contributed by atoms with Crippen LogP contribution < -0.4 is 0 Å². The zero-order chi connectivity index (χ0) is 22.7. The van der Waals surface area contributed by atoms with Crippen LogP contribution in [0.2, 0.25) is 0 Å². The summed E-state index contributed by atoms with van der Waals surface area (Å²) in [5.41, 5.74) is 5.85. The number of fused-ring (bicyclic) bond motifs is 5. The van der Waals surface area contributed by atoms with Crippen molar-refractivity contribution in [2.45, 2.75) is 0 Å². The number of hydrogen-bond donors (Lipinski definition) is 0. The molecule has 5 heteroatoms. The van der Waals surface area contributed by atoms with Crippen LogP contribution in [0.1, 0.15) is 0 Å². The van der Waals surface area contributed by atoms with Crippen LogP contribution >= 0.6 is 0 Å². The normalized spacial score (nSPS) is 10.6. The predicted octanol–water partition coefficient (Wildman–Crippen LogP) is 7.23. The first-order valence-corrected chi connectivity index (χ1v) is 11.2. The third-order valence-corrected chi connectivity index (χ3v) is 5.81. The molecule has 0 amide bonds. The van der Waals surface area contributed by atoms with Gasteiger partial charge >= 0.3 is 0 Å². The molecule has 35 heavy (non-hydrogen) atoms. The Morgan fingerprint density at radius 2 is 0.943 bits per heavy atom. The van der Waals surface area contributed by atoms with Gasteiger partial charge in [0.15, 0.2) is 0 Å². The Bertz CT molecular complexity index is 1650. The van der Waals surface area contributed by atoms with Gasteiger partial charge in [-0.2, -0.15) is 0 Å². The van der Waals surface area contributed by atoms with E-state index in [9.17, 15) is 0 Å². The van der Waals surface area contributed by atoms with Crippen LogP contribution in [-0.2, 0) is 19.5 Å². The van der Waals surface area contributed by atoms with Crippen LogP contribution in [0.4, 0.5) is 0 Å². The first kappa shape index (κ1) is 22.7. The summed E-state index contributed by atoms with van der Waals surface area (Å²) in [4.78, 5) is 18.0. The first-order chi connectivity index (χ1) is 16.8. The van der Waals surface area contributed by atoms with Crippen molar-refractivity contribution in [3.8, 4) is 11.4 Å². The molecule has 4 nitrogen and oxygen atoms in total. The van der Waals surface area contributed by atoms with Crippen LogP contribution in [0, 0.1) is 0 Å². The molecule has 0 spiro atoms. The zero-order valence-electron chi connectivity index (χ0n) is 18.7. The summed E-state index contributed by atoms with van der Waals surface area (Å²) in [6, 6.07) is 36.6. The van der Waals surface area contributed by atoms with Crippen molar-refractivity contribution < 1.29 is 19.5 Å².